The number of aliphatic hydroxyl groups excluding tert-OH is 1. The van der Waals surface area contributed by atoms with Gasteiger partial charge in [0.2, 0.25) is 0 Å². The monoisotopic (exact) mass is 554 g/mol. The van der Waals surface area contributed by atoms with Crippen LogP contribution in [-0.2, 0) is 16.0 Å². The second-order valence-corrected chi connectivity index (χ2v) is 11.3. The van der Waals surface area contributed by atoms with Crippen LogP contribution in [0.15, 0.2) is 79.4 Å². The third-order valence-corrected chi connectivity index (χ3v) is 8.40. The van der Waals surface area contributed by atoms with Crippen LogP contribution >= 0.6 is 0 Å². The summed E-state index contributed by atoms with van der Waals surface area (Å²) < 4.78 is 11.3. The normalized spacial score (nSPS) is 16.7. The van der Waals surface area contributed by atoms with E-state index in [-0.39, 0.29) is 19.8 Å². The molecule has 0 spiro atoms. The molecule has 218 valence electrons. The fourth-order valence-corrected chi connectivity index (χ4v) is 5.96. The second-order valence-electron chi connectivity index (χ2n) is 11.3. The number of aliphatic hydroxyl groups is 1. The van der Waals surface area contributed by atoms with E-state index in [0.29, 0.717) is 5.92 Å². The molecule has 0 unspecified atom stereocenters. The maximum absolute atomic E-state index is 11.5. The molecule has 4 heteroatoms. The molecule has 1 fully saturated rings. The van der Waals surface area contributed by atoms with Gasteiger partial charge in [-0.05, 0) is 84.2 Å². The molecular weight excluding hydrogens is 508 g/mol. The van der Waals surface area contributed by atoms with Crippen molar-refractivity contribution in [2.45, 2.75) is 77.0 Å². The topological polar surface area (TPSA) is 55.8 Å². The summed E-state index contributed by atoms with van der Waals surface area (Å²) in [4.78, 5) is 11.5. The summed E-state index contributed by atoms with van der Waals surface area (Å²) in [6.07, 6.45) is 13.5. The minimum atomic E-state index is -0.450. The Hall–Kier alpha value is -3.37. The summed E-state index contributed by atoms with van der Waals surface area (Å²) in [5, 5.41) is 9.12. The van der Waals surface area contributed by atoms with E-state index in [9.17, 15) is 4.79 Å². The van der Waals surface area contributed by atoms with E-state index in [1.807, 2.05) is 0 Å². The molecule has 0 aliphatic heterocycles. The highest BCUT2D eigenvalue weighted by atomic mass is 16.6. The van der Waals surface area contributed by atoms with Gasteiger partial charge in [0.25, 0.3) is 0 Å². The van der Waals surface area contributed by atoms with Crippen LogP contribution in [0.5, 0.6) is 5.75 Å². The zero-order valence-electron chi connectivity index (χ0n) is 24.7. The smallest absolute Gasteiger partial charge is 0.330 e. The third kappa shape index (κ3) is 9.06. The van der Waals surface area contributed by atoms with Crippen molar-refractivity contribution in [2.75, 3.05) is 19.8 Å². The van der Waals surface area contributed by atoms with Gasteiger partial charge in [0.05, 0.1) is 0 Å². The predicted molar refractivity (Wildman–Crippen MR) is 168 cm³/mol. The van der Waals surface area contributed by atoms with Gasteiger partial charge in [-0.3, -0.25) is 0 Å². The van der Waals surface area contributed by atoms with Gasteiger partial charge in [-0.1, -0.05) is 99.8 Å². The average Bonchev–Trinajstić information content (AvgIpc) is 3.02. The highest BCUT2D eigenvalue weighted by molar-refractivity contribution is 5.81. The number of carbonyl (C=O) groups is 1. The lowest BCUT2D eigenvalue weighted by Gasteiger charge is -2.29. The van der Waals surface area contributed by atoms with Crippen molar-refractivity contribution in [3.63, 3.8) is 0 Å². The van der Waals surface area contributed by atoms with Crippen LogP contribution in [-0.4, -0.2) is 30.9 Å². The maximum Gasteiger partial charge on any atom is 0.330 e. The summed E-state index contributed by atoms with van der Waals surface area (Å²) in [6, 6.07) is 23.8. The minimum absolute atomic E-state index is 0.161. The zero-order valence-corrected chi connectivity index (χ0v) is 24.7. The molecular formula is C37H46O4. The summed E-state index contributed by atoms with van der Waals surface area (Å²) in [6.45, 7) is 6.36. The Morgan fingerprint density at radius 3 is 2.27 bits per heavy atom. The number of hydrogen-bond acceptors (Lipinski definition) is 4. The van der Waals surface area contributed by atoms with Gasteiger partial charge in [-0.15, -0.1) is 0 Å². The first-order valence-electron chi connectivity index (χ1n) is 15.5. The summed E-state index contributed by atoms with van der Waals surface area (Å²) in [7, 11) is 0. The Bertz CT molecular complexity index is 1220. The van der Waals surface area contributed by atoms with E-state index >= 15 is 0 Å². The van der Waals surface area contributed by atoms with E-state index in [1.54, 1.807) is 0 Å². The van der Waals surface area contributed by atoms with E-state index in [4.69, 9.17) is 14.6 Å². The SMILES string of the molecule is C=CC(=O)OCCOc1cc(-c2ccc(CCCO)cc2)ccc1-c1ccc(C2CCC(CCCCC)CC2)cc1. The number of rotatable bonds is 15. The van der Waals surface area contributed by atoms with Gasteiger partial charge in [0.1, 0.15) is 19.0 Å². The van der Waals surface area contributed by atoms with Crippen LogP contribution in [0.3, 0.4) is 0 Å². The number of hydrogen-bond donors (Lipinski definition) is 1. The van der Waals surface area contributed by atoms with E-state index < -0.39 is 5.97 Å². The largest absolute Gasteiger partial charge is 0.489 e. The first-order chi connectivity index (χ1) is 20.1. The van der Waals surface area contributed by atoms with Gasteiger partial charge in [0, 0.05) is 18.2 Å². The van der Waals surface area contributed by atoms with Crippen LogP contribution in [0.4, 0.5) is 0 Å². The van der Waals surface area contributed by atoms with E-state index in [0.717, 1.165) is 52.8 Å². The predicted octanol–water partition coefficient (Wildman–Crippen LogP) is 8.91. The van der Waals surface area contributed by atoms with Crippen LogP contribution in [0.25, 0.3) is 22.3 Å². The van der Waals surface area contributed by atoms with Crippen molar-refractivity contribution in [1.82, 2.24) is 0 Å². The second kappa shape index (κ2) is 16.2. The summed E-state index contributed by atoms with van der Waals surface area (Å²) in [5.41, 5.74) is 6.96. The van der Waals surface area contributed by atoms with Crippen molar-refractivity contribution in [3.8, 4) is 28.0 Å². The van der Waals surface area contributed by atoms with Crippen molar-refractivity contribution >= 4 is 5.97 Å². The number of carbonyl (C=O) groups excluding carboxylic acids is 1. The molecule has 3 aromatic rings. The molecule has 1 saturated carbocycles. The lowest BCUT2D eigenvalue weighted by molar-refractivity contribution is -0.138. The lowest BCUT2D eigenvalue weighted by atomic mass is 9.77. The molecule has 3 aromatic carbocycles. The number of aryl methyl sites for hydroxylation is 1. The molecule has 0 atom stereocenters. The molecule has 1 N–H and O–H groups in total. The Morgan fingerprint density at radius 2 is 1.59 bits per heavy atom. The summed E-state index contributed by atoms with van der Waals surface area (Å²) in [5.74, 6) is 1.89. The van der Waals surface area contributed by atoms with Crippen LogP contribution in [0, 0.1) is 5.92 Å². The number of ether oxygens (including phenoxy) is 2. The van der Waals surface area contributed by atoms with Gasteiger partial charge < -0.3 is 14.6 Å². The van der Waals surface area contributed by atoms with Crippen molar-refractivity contribution in [3.05, 3.63) is 90.5 Å². The Balaban J connectivity index is 1.48. The summed E-state index contributed by atoms with van der Waals surface area (Å²) >= 11 is 0. The molecule has 0 amide bonds. The van der Waals surface area contributed by atoms with Gasteiger partial charge in [-0.2, -0.15) is 0 Å². The molecule has 1 aliphatic rings. The molecule has 0 bridgehead atoms. The molecule has 41 heavy (non-hydrogen) atoms. The standard InChI is InChI=1S/C37H46O4/c1-3-5-6-8-28-10-14-30(15-11-28)31-18-20-33(21-19-31)35-23-22-34(27-36(35)40-25-26-41-37(39)4-2)32-16-12-29(13-17-32)9-7-24-38/h4,12-13,16-23,27-28,30,38H,2-3,5-11,14-15,24-26H2,1H3. The molecule has 0 radical (unpaired) electrons. The lowest BCUT2D eigenvalue weighted by Crippen LogP contribution is -2.13. The minimum Gasteiger partial charge on any atom is -0.489 e. The Kier molecular flexibility index (Phi) is 12.1. The fourth-order valence-electron chi connectivity index (χ4n) is 5.96. The molecule has 0 aromatic heterocycles. The third-order valence-electron chi connectivity index (χ3n) is 8.40. The average molecular weight is 555 g/mol. The van der Waals surface area contributed by atoms with Crippen LogP contribution < -0.4 is 4.74 Å². The first kappa shape index (κ1) is 30.6. The number of benzene rings is 3. The van der Waals surface area contributed by atoms with Crippen LogP contribution in [0.1, 0.15) is 81.8 Å². The Labute approximate surface area is 246 Å². The zero-order chi connectivity index (χ0) is 28.9. The fraction of sp³-hybridized carbons (Fsp3) is 0.432. The van der Waals surface area contributed by atoms with Crippen molar-refractivity contribution in [1.29, 1.82) is 0 Å². The number of esters is 1. The molecule has 4 nitrogen and oxygen atoms in total. The molecule has 4 rings (SSSR count). The van der Waals surface area contributed by atoms with Crippen molar-refractivity contribution < 1.29 is 19.4 Å². The quantitative estimate of drug-likeness (QED) is 0.116. The van der Waals surface area contributed by atoms with Crippen molar-refractivity contribution in [2.24, 2.45) is 5.92 Å². The Morgan fingerprint density at radius 1 is 0.878 bits per heavy atom. The van der Waals surface area contributed by atoms with Gasteiger partial charge >= 0.3 is 5.97 Å². The first-order valence-corrected chi connectivity index (χ1v) is 15.5. The maximum atomic E-state index is 11.5. The number of unbranched alkanes of at least 4 members (excludes halogenated alkanes) is 2. The molecule has 0 heterocycles. The van der Waals surface area contributed by atoms with E-state index in [1.165, 1.54) is 62.5 Å². The molecule has 1 aliphatic carbocycles. The van der Waals surface area contributed by atoms with E-state index in [2.05, 4.69) is 80.2 Å². The van der Waals surface area contributed by atoms with Gasteiger partial charge in [-0.25, -0.2) is 4.79 Å². The molecule has 0 saturated heterocycles. The highest BCUT2D eigenvalue weighted by Gasteiger charge is 2.22. The van der Waals surface area contributed by atoms with Gasteiger partial charge in [0.15, 0.2) is 0 Å². The van der Waals surface area contributed by atoms with Crippen LogP contribution in [0.2, 0.25) is 0 Å². The highest BCUT2D eigenvalue weighted by Crippen LogP contribution is 2.39.